The summed E-state index contributed by atoms with van der Waals surface area (Å²) in [5.74, 6) is -2.86. The second kappa shape index (κ2) is 8.07. The van der Waals surface area contributed by atoms with Crippen LogP contribution in [0.5, 0.6) is 0 Å². The van der Waals surface area contributed by atoms with Gasteiger partial charge in [0.05, 0.1) is 11.8 Å². The first-order valence-corrected chi connectivity index (χ1v) is 10.3. The predicted molar refractivity (Wildman–Crippen MR) is 90.9 cm³/mol. The van der Waals surface area contributed by atoms with Gasteiger partial charge in [0.1, 0.15) is 5.69 Å². The van der Waals surface area contributed by atoms with Crippen LogP contribution in [-0.2, 0) is 14.8 Å². The second-order valence-corrected chi connectivity index (χ2v) is 8.67. The summed E-state index contributed by atoms with van der Waals surface area (Å²) in [6, 6.07) is 1.65. The molecule has 13 heteroatoms. The largest absolute Gasteiger partial charge is 0.490 e. The number of rotatable bonds is 2. The predicted octanol–water partition coefficient (Wildman–Crippen LogP) is 1.07. The molecule has 28 heavy (non-hydrogen) atoms. The molecule has 2 aliphatic rings. The van der Waals surface area contributed by atoms with Crippen molar-refractivity contribution in [3.05, 3.63) is 18.0 Å². The number of carbonyl (C=O) groups is 2. The summed E-state index contributed by atoms with van der Waals surface area (Å²) in [4.78, 5) is 23.1. The van der Waals surface area contributed by atoms with Crippen LogP contribution in [0.3, 0.4) is 0 Å². The van der Waals surface area contributed by atoms with Crippen LogP contribution in [0.1, 0.15) is 36.2 Å². The Labute approximate surface area is 159 Å². The number of alkyl halides is 3. The average Bonchev–Trinajstić information content (AvgIpc) is 3.23. The van der Waals surface area contributed by atoms with E-state index in [9.17, 15) is 26.4 Å². The Balaban J connectivity index is 0.000000345. The average molecular weight is 426 g/mol. The van der Waals surface area contributed by atoms with E-state index in [2.05, 4.69) is 10.2 Å². The minimum atomic E-state index is -5.08. The number of carbonyl (C=O) groups excluding carboxylic acids is 1. The van der Waals surface area contributed by atoms with E-state index >= 15 is 0 Å². The Hall–Kier alpha value is -2.15. The summed E-state index contributed by atoms with van der Waals surface area (Å²) in [5, 5.41) is 13.6. The summed E-state index contributed by atoms with van der Waals surface area (Å²) in [5.41, 5.74) is 0.0394. The monoisotopic (exact) mass is 426 g/mol. The number of likely N-dealkylation sites (tertiary alicyclic amines) is 1. The smallest absolute Gasteiger partial charge is 0.475 e. The van der Waals surface area contributed by atoms with Crippen LogP contribution < -0.4 is 0 Å². The van der Waals surface area contributed by atoms with Crippen molar-refractivity contribution in [2.24, 2.45) is 0 Å². The number of halogens is 3. The van der Waals surface area contributed by atoms with Crippen LogP contribution in [0, 0.1) is 0 Å². The number of carboxylic acids is 1. The van der Waals surface area contributed by atoms with Gasteiger partial charge >= 0.3 is 12.1 Å². The Kier molecular flexibility index (Phi) is 6.38. The molecule has 1 aromatic rings. The highest BCUT2D eigenvalue weighted by molar-refractivity contribution is 7.88. The van der Waals surface area contributed by atoms with E-state index in [1.807, 2.05) is 0 Å². The van der Waals surface area contributed by atoms with E-state index < -0.39 is 27.7 Å². The highest BCUT2D eigenvalue weighted by Gasteiger charge is 2.48. The summed E-state index contributed by atoms with van der Waals surface area (Å²) >= 11 is 0. The molecule has 3 rings (SSSR count). The molecular formula is C15H21F3N4O5S. The van der Waals surface area contributed by atoms with Crippen molar-refractivity contribution in [2.45, 2.75) is 37.4 Å². The van der Waals surface area contributed by atoms with Crippen LogP contribution in [0.2, 0.25) is 0 Å². The molecule has 1 unspecified atom stereocenters. The van der Waals surface area contributed by atoms with Crippen molar-refractivity contribution in [2.75, 3.05) is 25.9 Å². The van der Waals surface area contributed by atoms with Crippen LogP contribution in [-0.4, -0.2) is 82.4 Å². The Morgan fingerprint density at radius 1 is 1.25 bits per heavy atom. The van der Waals surface area contributed by atoms with Crippen molar-refractivity contribution in [1.82, 2.24) is 19.4 Å². The van der Waals surface area contributed by atoms with Gasteiger partial charge in [-0.25, -0.2) is 13.2 Å². The molecule has 0 aromatic carbocycles. The fraction of sp³-hybridized carbons (Fsp3) is 0.667. The number of H-pyrrole nitrogens is 1. The van der Waals surface area contributed by atoms with Gasteiger partial charge in [-0.05, 0) is 31.7 Å². The maximum atomic E-state index is 12.4. The maximum absolute atomic E-state index is 12.4. The molecule has 1 spiro atoms. The molecule has 1 amide bonds. The maximum Gasteiger partial charge on any atom is 0.490 e. The topological polar surface area (TPSA) is 124 Å². The number of carboxylic acid groups (broad SMARTS) is 1. The third-order valence-corrected chi connectivity index (χ3v) is 6.12. The van der Waals surface area contributed by atoms with Crippen molar-refractivity contribution in [3.8, 4) is 0 Å². The SMILES string of the molecule is CS(=O)(=O)N1CCCC12CCCN(C(=O)c1ccn[nH]1)C2.O=C(O)C(F)(F)F. The highest BCUT2D eigenvalue weighted by Crippen LogP contribution is 2.39. The van der Waals surface area contributed by atoms with Crippen LogP contribution >= 0.6 is 0 Å². The molecule has 2 aliphatic heterocycles. The van der Waals surface area contributed by atoms with Gasteiger partial charge in [-0.15, -0.1) is 0 Å². The van der Waals surface area contributed by atoms with E-state index in [0.717, 1.165) is 25.7 Å². The molecule has 2 N–H and O–H groups in total. The minimum Gasteiger partial charge on any atom is -0.475 e. The Morgan fingerprint density at radius 2 is 1.82 bits per heavy atom. The van der Waals surface area contributed by atoms with E-state index in [0.29, 0.717) is 25.3 Å². The number of aromatic nitrogens is 2. The number of hydrogen-bond donors (Lipinski definition) is 2. The summed E-state index contributed by atoms with van der Waals surface area (Å²) in [6.07, 6.45) is 1.06. The van der Waals surface area contributed by atoms with Gasteiger partial charge in [0, 0.05) is 25.8 Å². The van der Waals surface area contributed by atoms with E-state index in [1.54, 1.807) is 21.5 Å². The molecule has 1 aromatic heterocycles. The fourth-order valence-corrected chi connectivity index (χ4v) is 5.07. The van der Waals surface area contributed by atoms with Crippen LogP contribution in [0.15, 0.2) is 12.3 Å². The van der Waals surface area contributed by atoms with Crippen molar-refractivity contribution < 1.29 is 36.3 Å². The molecule has 0 aliphatic carbocycles. The first-order valence-electron chi connectivity index (χ1n) is 8.43. The number of hydrogen-bond acceptors (Lipinski definition) is 5. The lowest BCUT2D eigenvalue weighted by molar-refractivity contribution is -0.192. The molecule has 0 bridgehead atoms. The number of sulfonamides is 1. The summed E-state index contributed by atoms with van der Waals surface area (Å²) in [6.45, 7) is 1.69. The molecule has 2 saturated heterocycles. The van der Waals surface area contributed by atoms with Gasteiger partial charge in [-0.1, -0.05) is 0 Å². The minimum absolute atomic E-state index is 0.105. The standard InChI is InChI=1S/C13H20N4O3S.C2HF3O2/c1-21(19,20)17-9-3-6-13(17)5-2-8-16(10-13)12(18)11-4-7-14-15-11;3-2(4,5)1(6)7/h4,7H,2-3,5-6,8-10H2,1H3,(H,14,15);(H,6,7). The van der Waals surface area contributed by atoms with Gasteiger partial charge in [-0.2, -0.15) is 22.6 Å². The zero-order valence-electron chi connectivity index (χ0n) is 15.1. The normalized spacial score (nSPS) is 23.4. The van der Waals surface area contributed by atoms with E-state index in [4.69, 9.17) is 9.90 Å². The lowest BCUT2D eigenvalue weighted by Crippen LogP contribution is -2.58. The lowest BCUT2D eigenvalue weighted by atomic mass is 9.87. The number of aliphatic carboxylic acids is 1. The van der Waals surface area contributed by atoms with Crippen molar-refractivity contribution in [1.29, 1.82) is 0 Å². The van der Waals surface area contributed by atoms with Gasteiger partial charge in [0.2, 0.25) is 10.0 Å². The quantitative estimate of drug-likeness (QED) is 0.729. The molecule has 158 valence electrons. The van der Waals surface area contributed by atoms with E-state index in [1.165, 1.54) is 6.26 Å². The second-order valence-electron chi connectivity index (χ2n) is 6.77. The summed E-state index contributed by atoms with van der Waals surface area (Å²) in [7, 11) is -3.24. The number of amides is 1. The third-order valence-electron chi connectivity index (χ3n) is 4.75. The van der Waals surface area contributed by atoms with Crippen LogP contribution in [0.4, 0.5) is 13.2 Å². The van der Waals surface area contributed by atoms with Gasteiger partial charge in [0.15, 0.2) is 0 Å². The number of nitrogens with zero attached hydrogens (tertiary/aromatic N) is 3. The van der Waals surface area contributed by atoms with Gasteiger partial charge < -0.3 is 10.0 Å². The fourth-order valence-electron chi connectivity index (χ4n) is 3.67. The third kappa shape index (κ3) is 5.01. The Bertz CT molecular complexity index is 812. The highest BCUT2D eigenvalue weighted by atomic mass is 32.2. The van der Waals surface area contributed by atoms with Crippen molar-refractivity contribution in [3.63, 3.8) is 0 Å². The molecule has 1 atom stereocenters. The first kappa shape index (κ1) is 22.1. The summed E-state index contributed by atoms with van der Waals surface area (Å²) < 4.78 is 57.4. The number of piperidine rings is 1. The molecular weight excluding hydrogens is 405 g/mol. The first-order chi connectivity index (χ1) is 12.9. The number of aromatic amines is 1. The van der Waals surface area contributed by atoms with E-state index in [-0.39, 0.29) is 5.91 Å². The zero-order chi connectivity index (χ0) is 21.2. The molecule has 9 nitrogen and oxygen atoms in total. The molecule has 0 saturated carbocycles. The van der Waals surface area contributed by atoms with Crippen molar-refractivity contribution >= 4 is 21.9 Å². The van der Waals surface area contributed by atoms with Gasteiger partial charge in [-0.3, -0.25) is 9.89 Å². The lowest BCUT2D eigenvalue weighted by Gasteiger charge is -2.44. The molecule has 2 fully saturated rings. The van der Waals surface area contributed by atoms with Gasteiger partial charge in [0.25, 0.3) is 5.91 Å². The van der Waals surface area contributed by atoms with Crippen LogP contribution in [0.25, 0.3) is 0 Å². The Morgan fingerprint density at radius 3 is 2.29 bits per heavy atom. The molecule has 3 heterocycles. The zero-order valence-corrected chi connectivity index (χ0v) is 15.9. The molecule has 0 radical (unpaired) electrons. The number of nitrogens with one attached hydrogen (secondary N) is 1.